The zero-order valence-corrected chi connectivity index (χ0v) is 15.6. The van der Waals surface area contributed by atoms with Gasteiger partial charge in [0, 0.05) is 13.3 Å². The number of ether oxygens (including phenoxy) is 3. The Hall–Kier alpha value is -3.41. The summed E-state index contributed by atoms with van der Waals surface area (Å²) in [7, 11) is 0. The van der Waals surface area contributed by atoms with E-state index in [0.29, 0.717) is 5.56 Å². The van der Waals surface area contributed by atoms with Crippen LogP contribution in [-0.2, 0) is 35.0 Å². The Labute approximate surface area is 162 Å². The maximum atomic E-state index is 13.1. The fourth-order valence-electron chi connectivity index (χ4n) is 3.22. The summed E-state index contributed by atoms with van der Waals surface area (Å²) >= 11 is 0. The topological polar surface area (TPSA) is 78.9 Å². The molecule has 144 valence electrons. The zero-order chi connectivity index (χ0) is 20.1. The lowest BCUT2D eigenvalue weighted by Gasteiger charge is -2.28. The molecule has 0 bridgehead atoms. The number of rotatable bonds is 6. The van der Waals surface area contributed by atoms with Crippen molar-refractivity contribution in [3.63, 3.8) is 0 Å². The molecule has 1 unspecified atom stereocenters. The second-order valence-corrected chi connectivity index (χ2v) is 6.26. The Morgan fingerprint density at radius 1 is 1.00 bits per heavy atom. The molecule has 0 aliphatic carbocycles. The molecule has 0 N–H and O–H groups in total. The van der Waals surface area contributed by atoms with Gasteiger partial charge in [-0.15, -0.1) is 0 Å². The third kappa shape index (κ3) is 3.67. The summed E-state index contributed by atoms with van der Waals surface area (Å²) in [6, 6.07) is 17.9. The van der Waals surface area contributed by atoms with Gasteiger partial charge in [-0.3, -0.25) is 4.79 Å². The van der Waals surface area contributed by atoms with Crippen molar-refractivity contribution in [2.45, 2.75) is 25.9 Å². The molecule has 6 heteroatoms. The minimum atomic E-state index is -1.75. The van der Waals surface area contributed by atoms with Gasteiger partial charge in [0.25, 0.3) is 0 Å². The van der Waals surface area contributed by atoms with E-state index in [1.165, 1.54) is 6.92 Å². The van der Waals surface area contributed by atoms with Gasteiger partial charge in [0.2, 0.25) is 11.4 Å². The summed E-state index contributed by atoms with van der Waals surface area (Å²) in [6.45, 7) is 2.96. The third-order valence-electron chi connectivity index (χ3n) is 4.29. The van der Waals surface area contributed by atoms with Crippen LogP contribution in [0.4, 0.5) is 0 Å². The summed E-state index contributed by atoms with van der Waals surface area (Å²) in [5.41, 5.74) is -0.259. The molecule has 0 aromatic heterocycles. The lowest BCUT2D eigenvalue weighted by molar-refractivity contribution is -0.171. The van der Waals surface area contributed by atoms with Crippen molar-refractivity contribution >= 4 is 23.5 Å². The molecule has 2 aromatic rings. The van der Waals surface area contributed by atoms with E-state index in [1.807, 2.05) is 30.3 Å². The van der Waals surface area contributed by atoms with E-state index in [2.05, 4.69) is 0 Å². The van der Waals surface area contributed by atoms with Crippen molar-refractivity contribution in [1.82, 2.24) is 0 Å². The van der Waals surface area contributed by atoms with Gasteiger partial charge in [-0.05, 0) is 18.1 Å². The Kier molecular flexibility index (Phi) is 5.59. The van der Waals surface area contributed by atoms with Crippen LogP contribution in [-0.4, -0.2) is 30.1 Å². The highest BCUT2D eigenvalue weighted by molar-refractivity contribution is 6.12. The van der Waals surface area contributed by atoms with Gasteiger partial charge in [0.15, 0.2) is 0 Å². The summed E-state index contributed by atoms with van der Waals surface area (Å²) in [5.74, 6) is -2.56. The first-order valence-corrected chi connectivity index (χ1v) is 8.91. The molecule has 0 radical (unpaired) electrons. The van der Waals surface area contributed by atoms with Crippen LogP contribution in [0.1, 0.15) is 25.0 Å². The fourth-order valence-corrected chi connectivity index (χ4v) is 3.22. The van der Waals surface area contributed by atoms with Crippen LogP contribution in [0.5, 0.6) is 0 Å². The number of hydrogen-bond acceptors (Lipinski definition) is 6. The van der Waals surface area contributed by atoms with Crippen molar-refractivity contribution in [3.05, 3.63) is 77.5 Å². The normalized spacial score (nSPS) is 18.6. The van der Waals surface area contributed by atoms with Crippen molar-refractivity contribution in [2.24, 2.45) is 0 Å². The molecule has 0 spiro atoms. The highest BCUT2D eigenvalue weighted by Gasteiger charge is 2.56. The zero-order valence-electron chi connectivity index (χ0n) is 15.6. The van der Waals surface area contributed by atoms with E-state index in [0.717, 1.165) is 5.56 Å². The molecular weight excluding hydrogens is 360 g/mol. The first-order valence-electron chi connectivity index (χ1n) is 8.91. The number of carbonyl (C=O) groups excluding carboxylic acids is 3. The molecule has 1 atom stereocenters. The summed E-state index contributed by atoms with van der Waals surface area (Å²) < 4.78 is 16.0. The predicted octanol–water partition coefficient (Wildman–Crippen LogP) is 3.06. The Morgan fingerprint density at radius 2 is 1.61 bits per heavy atom. The van der Waals surface area contributed by atoms with Gasteiger partial charge >= 0.3 is 17.9 Å². The van der Waals surface area contributed by atoms with Crippen LogP contribution in [0.2, 0.25) is 0 Å². The number of benzene rings is 2. The fraction of sp³-hybridized carbons (Fsp3) is 0.227. The average Bonchev–Trinajstić information content (AvgIpc) is 2.95. The van der Waals surface area contributed by atoms with Crippen molar-refractivity contribution in [3.8, 4) is 0 Å². The minimum Gasteiger partial charge on any atom is -0.463 e. The first kappa shape index (κ1) is 19.4. The van der Waals surface area contributed by atoms with E-state index in [4.69, 9.17) is 14.2 Å². The predicted molar refractivity (Wildman–Crippen MR) is 101 cm³/mol. The number of esters is 3. The molecule has 0 fully saturated rings. The van der Waals surface area contributed by atoms with Gasteiger partial charge in [0.1, 0.15) is 0 Å². The second kappa shape index (κ2) is 8.08. The van der Waals surface area contributed by atoms with Crippen molar-refractivity contribution in [2.75, 3.05) is 6.61 Å². The molecule has 2 aromatic carbocycles. The molecule has 0 saturated heterocycles. The largest absolute Gasteiger partial charge is 0.463 e. The van der Waals surface area contributed by atoms with Crippen LogP contribution in [0.15, 0.2) is 66.4 Å². The Bertz CT molecular complexity index is 917. The van der Waals surface area contributed by atoms with Crippen LogP contribution in [0.25, 0.3) is 5.57 Å². The number of carbonyl (C=O) groups is 3. The molecular formula is C22H20O6. The summed E-state index contributed by atoms with van der Waals surface area (Å²) in [5, 5.41) is 0. The van der Waals surface area contributed by atoms with E-state index >= 15 is 0 Å². The highest BCUT2D eigenvalue weighted by Crippen LogP contribution is 2.43. The maximum Gasteiger partial charge on any atom is 0.376 e. The molecule has 1 aliphatic rings. The van der Waals surface area contributed by atoms with Gasteiger partial charge in [-0.25, -0.2) is 9.59 Å². The van der Waals surface area contributed by atoms with Gasteiger partial charge in [0.05, 0.1) is 12.2 Å². The lowest BCUT2D eigenvalue weighted by atomic mass is 9.83. The molecule has 1 aliphatic heterocycles. The molecule has 0 saturated carbocycles. The monoisotopic (exact) mass is 380 g/mol. The molecule has 28 heavy (non-hydrogen) atoms. The first-order chi connectivity index (χ1) is 13.5. The van der Waals surface area contributed by atoms with Gasteiger partial charge in [-0.2, -0.15) is 0 Å². The quantitative estimate of drug-likeness (QED) is 0.566. The Morgan fingerprint density at radius 3 is 2.18 bits per heavy atom. The van der Waals surface area contributed by atoms with E-state index in [9.17, 15) is 14.4 Å². The molecule has 3 rings (SSSR count). The van der Waals surface area contributed by atoms with Gasteiger partial charge < -0.3 is 14.2 Å². The van der Waals surface area contributed by atoms with E-state index < -0.39 is 23.5 Å². The summed E-state index contributed by atoms with van der Waals surface area (Å²) in [4.78, 5) is 37.3. The molecule has 1 heterocycles. The van der Waals surface area contributed by atoms with E-state index in [1.54, 1.807) is 37.3 Å². The number of cyclic esters (lactones) is 1. The van der Waals surface area contributed by atoms with Crippen LogP contribution in [0.3, 0.4) is 0 Å². The SMILES string of the molecule is CCOC(=O)C1(Cc2ccccc2)OC(=O)C(OC(C)=O)=C1c1ccccc1. The third-order valence-corrected chi connectivity index (χ3v) is 4.29. The van der Waals surface area contributed by atoms with Crippen molar-refractivity contribution in [1.29, 1.82) is 0 Å². The maximum absolute atomic E-state index is 13.1. The smallest absolute Gasteiger partial charge is 0.376 e. The average molecular weight is 380 g/mol. The lowest BCUT2D eigenvalue weighted by Crippen LogP contribution is -2.44. The second-order valence-electron chi connectivity index (χ2n) is 6.26. The summed E-state index contributed by atoms with van der Waals surface area (Å²) in [6.07, 6.45) is 0.0490. The minimum absolute atomic E-state index is 0.0490. The van der Waals surface area contributed by atoms with Crippen LogP contribution >= 0.6 is 0 Å². The van der Waals surface area contributed by atoms with Crippen LogP contribution < -0.4 is 0 Å². The van der Waals surface area contributed by atoms with E-state index in [-0.39, 0.29) is 24.4 Å². The molecule has 0 amide bonds. The standard InChI is InChI=1S/C22H20O6/c1-3-26-21(25)22(14-16-10-6-4-7-11-16)18(17-12-8-5-9-13-17)19(20(24)28-22)27-15(2)23/h4-13H,3,14H2,1-2H3. The number of hydrogen-bond donors (Lipinski definition) is 0. The highest BCUT2D eigenvalue weighted by atomic mass is 16.6. The van der Waals surface area contributed by atoms with Gasteiger partial charge in [-0.1, -0.05) is 60.7 Å². The van der Waals surface area contributed by atoms with Crippen molar-refractivity contribution < 1.29 is 28.6 Å². The Balaban J connectivity index is 2.23. The van der Waals surface area contributed by atoms with Crippen LogP contribution in [0, 0.1) is 0 Å². The molecule has 6 nitrogen and oxygen atoms in total.